The molecule has 1 radical (unpaired) electrons. The van der Waals surface area contributed by atoms with Gasteiger partial charge in [-0.25, -0.2) is 0 Å². The van der Waals surface area contributed by atoms with Gasteiger partial charge in [0.05, 0.1) is 0 Å². The minimum Gasteiger partial charge on any atom is -1.00 e. The topological polar surface area (TPSA) is 0 Å². The first kappa shape index (κ1) is 15.2. The maximum atomic E-state index is 3.07. The Morgan fingerprint density at radius 1 is 0.889 bits per heavy atom. The summed E-state index contributed by atoms with van der Waals surface area (Å²) in [6.07, 6.45) is 10.7. The van der Waals surface area contributed by atoms with E-state index in [0.29, 0.717) is 0 Å². The van der Waals surface area contributed by atoms with Crippen molar-refractivity contribution in [1.82, 2.24) is 0 Å². The number of allylic oxidation sites excluding steroid dienone is 5. The molecule has 1 aromatic carbocycles. The summed E-state index contributed by atoms with van der Waals surface area (Å²) in [4.78, 5) is 0. The smallest absolute Gasteiger partial charge is 0.0207 e. The standard InChI is InChI=1S/C16H13.ClH.Zn/c1-3-7-13(8-4-1)15-11-12-16(15)14-9-5-2-6-10-14;;/h1,3-10H,11-12H2;1H;/p-1. The van der Waals surface area contributed by atoms with Gasteiger partial charge in [0.15, 0.2) is 0 Å². The molecule has 0 amide bonds. The van der Waals surface area contributed by atoms with Crippen LogP contribution in [0.2, 0.25) is 0 Å². The Morgan fingerprint density at radius 3 is 2.17 bits per heavy atom. The van der Waals surface area contributed by atoms with E-state index in [4.69, 9.17) is 0 Å². The summed E-state index contributed by atoms with van der Waals surface area (Å²) in [7, 11) is 0. The van der Waals surface area contributed by atoms with Crippen LogP contribution in [0.4, 0.5) is 0 Å². The molecular formula is C16H13ClZn-. The fraction of sp³-hybridized carbons (Fsp3) is 0.125. The van der Waals surface area contributed by atoms with Gasteiger partial charge in [-0.2, -0.15) is 0 Å². The van der Waals surface area contributed by atoms with Gasteiger partial charge in [-0.3, -0.25) is 0 Å². The normalized spacial score (nSPS) is 16.3. The fourth-order valence-electron chi connectivity index (χ4n) is 2.24. The third-order valence-electron chi connectivity index (χ3n) is 3.18. The van der Waals surface area contributed by atoms with Crippen molar-refractivity contribution in [3.8, 4) is 0 Å². The Hall–Kier alpha value is -0.867. The van der Waals surface area contributed by atoms with Crippen LogP contribution in [-0.4, -0.2) is 0 Å². The molecule has 0 bridgehead atoms. The molecule has 0 fully saturated rings. The molecule has 18 heavy (non-hydrogen) atoms. The van der Waals surface area contributed by atoms with Crippen molar-refractivity contribution >= 4 is 5.57 Å². The molecule has 87 valence electrons. The van der Waals surface area contributed by atoms with Crippen molar-refractivity contribution in [1.29, 1.82) is 0 Å². The van der Waals surface area contributed by atoms with E-state index in [9.17, 15) is 0 Å². The summed E-state index contributed by atoms with van der Waals surface area (Å²) in [5.41, 5.74) is 8.80. The Balaban J connectivity index is 0.000000810. The molecule has 0 heterocycles. The average molecular weight is 306 g/mol. The van der Waals surface area contributed by atoms with E-state index in [1.807, 2.05) is 12.2 Å². The van der Waals surface area contributed by atoms with Crippen LogP contribution in [0, 0.1) is 6.42 Å². The maximum Gasteiger partial charge on any atom is 0.0207 e. The predicted octanol–water partition coefficient (Wildman–Crippen LogP) is 1.09. The second-order valence-corrected chi connectivity index (χ2v) is 4.11. The van der Waals surface area contributed by atoms with Crippen LogP contribution in [0.15, 0.2) is 65.4 Å². The summed E-state index contributed by atoms with van der Waals surface area (Å²) in [5.74, 6) is 0. The van der Waals surface area contributed by atoms with Crippen molar-refractivity contribution < 1.29 is 31.9 Å². The number of benzene rings is 1. The molecule has 0 aliphatic heterocycles. The van der Waals surface area contributed by atoms with Gasteiger partial charge < -0.3 is 12.4 Å². The SMILES string of the molecule is C1=C[CH]C(C2=C(c3ccccc3)CC2)=CC=1.[Cl-].[Zn]. The molecule has 0 saturated heterocycles. The van der Waals surface area contributed by atoms with E-state index in [1.54, 1.807) is 0 Å². The summed E-state index contributed by atoms with van der Waals surface area (Å²) in [5, 5.41) is 0. The van der Waals surface area contributed by atoms with E-state index >= 15 is 0 Å². The zero-order valence-corrected chi connectivity index (χ0v) is 13.9. The summed E-state index contributed by atoms with van der Waals surface area (Å²) < 4.78 is 0. The van der Waals surface area contributed by atoms with Crippen molar-refractivity contribution in [3.05, 3.63) is 77.4 Å². The molecule has 0 nitrogen and oxygen atoms in total. The second-order valence-electron chi connectivity index (χ2n) is 4.11. The third-order valence-corrected chi connectivity index (χ3v) is 3.18. The number of rotatable bonds is 2. The Bertz CT molecular complexity index is 531. The molecule has 0 aromatic heterocycles. The van der Waals surface area contributed by atoms with Gasteiger partial charge in [-0.05, 0) is 47.3 Å². The van der Waals surface area contributed by atoms with Crippen LogP contribution in [0.1, 0.15) is 18.4 Å². The van der Waals surface area contributed by atoms with Gasteiger partial charge in [0.25, 0.3) is 0 Å². The first-order valence-corrected chi connectivity index (χ1v) is 5.69. The number of hydrogen-bond acceptors (Lipinski definition) is 0. The van der Waals surface area contributed by atoms with Crippen molar-refractivity contribution in [3.63, 3.8) is 0 Å². The van der Waals surface area contributed by atoms with Crippen molar-refractivity contribution in [2.24, 2.45) is 0 Å². The van der Waals surface area contributed by atoms with E-state index < -0.39 is 0 Å². The van der Waals surface area contributed by atoms with Crippen molar-refractivity contribution in [2.45, 2.75) is 12.8 Å². The number of halogens is 1. The molecule has 0 spiro atoms. The first-order chi connectivity index (χ1) is 7.95. The second kappa shape index (κ2) is 6.90. The van der Waals surface area contributed by atoms with Gasteiger partial charge in [0.2, 0.25) is 0 Å². The molecule has 2 aliphatic rings. The van der Waals surface area contributed by atoms with Crippen LogP contribution >= 0.6 is 0 Å². The van der Waals surface area contributed by atoms with E-state index in [0.717, 1.165) is 0 Å². The Labute approximate surface area is 127 Å². The largest absolute Gasteiger partial charge is 1.00 e. The van der Waals surface area contributed by atoms with Crippen LogP contribution in [0.3, 0.4) is 0 Å². The van der Waals surface area contributed by atoms with Gasteiger partial charge in [0.1, 0.15) is 0 Å². The molecule has 0 atom stereocenters. The molecular weight excluding hydrogens is 293 g/mol. The first-order valence-electron chi connectivity index (χ1n) is 5.69. The van der Waals surface area contributed by atoms with E-state index in [-0.39, 0.29) is 31.9 Å². The van der Waals surface area contributed by atoms with Crippen LogP contribution in [0.5, 0.6) is 0 Å². The number of hydrogen-bond donors (Lipinski definition) is 0. The van der Waals surface area contributed by atoms with Crippen molar-refractivity contribution in [2.75, 3.05) is 0 Å². The van der Waals surface area contributed by atoms with Gasteiger partial charge in [-0.1, -0.05) is 36.4 Å². The minimum atomic E-state index is 0. The molecule has 0 saturated carbocycles. The van der Waals surface area contributed by atoms with Gasteiger partial charge in [-0.15, -0.1) is 5.73 Å². The van der Waals surface area contributed by atoms with Crippen LogP contribution in [0.25, 0.3) is 5.57 Å². The summed E-state index contributed by atoms with van der Waals surface area (Å²) in [6, 6.07) is 10.7. The van der Waals surface area contributed by atoms with Gasteiger partial charge >= 0.3 is 0 Å². The zero-order valence-electron chi connectivity index (χ0n) is 10.2. The maximum absolute atomic E-state index is 3.07. The monoisotopic (exact) mass is 304 g/mol. The molecule has 0 unspecified atom stereocenters. The van der Waals surface area contributed by atoms with E-state index in [1.165, 1.54) is 35.1 Å². The Kier molecular flexibility index (Phi) is 5.83. The third kappa shape index (κ3) is 2.93. The van der Waals surface area contributed by atoms with Crippen LogP contribution in [-0.2, 0) is 19.5 Å². The summed E-state index contributed by atoms with van der Waals surface area (Å²) >= 11 is 0. The predicted molar refractivity (Wildman–Crippen MR) is 67.6 cm³/mol. The Morgan fingerprint density at radius 2 is 1.61 bits per heavy atom. The van der Waals surface area contributed by atoms with Crippen LogP contribution < -0.4 is 12.4 Å². The minimum absolute atomic E-state index is 0. The quantitative estimate of drug-likeness (QED) is 0.567. The fourth-order valence-corrected chi connectivity index (χ4v) is 2.24. The molecule has 2 heteroatoms. The molecule has 3 rings (SSSR count). The van der Waals surface area contributed by atoms with E-state index in [2.05, 4.69) is 48.6 Å². The molecule has 1 aromatic rings. The zero-order chi connectivity index (χ0) is 10.8. The van der Waals surface area contributed by atoms with Gasteiger partial charge in [0, 0.05) is 25.9 Å². The average Bonchev–Trinajstić information content (AvgIpc) is 2.30. The molecule has 0 N–H and O–H groups in total. The molecule has 2 aliphatic carbocycles. The summed E-state index contributed by atoms with van der Waals surface area (Å²) in [6.45, 7) is 0.